The molecule has 19 heavy (non-hydrogen) atoms. The molecule has 0 aliphatic heterocycles. The Morgan fingerprint density at radius 3 is 2.89 bits per heavy atom. The number of nitrogens with one attached hydrogen (secondary N) is 1. The highest BCUT2D eigenvalue weighted by Crippen LogP contribution is 2.28. The summed E-state index contributed by atoms with van der Waals surface area (Å²) in [6.07, 6.45) is 4.08. The highest BCUT2D eigenvalue weighted by atomic mass is 16.1. The zero-order valence-corrected chi connectivity index (χ0v) is 11.6. The molecule has 0 spiro atoms. The Balaban J connectivity index is 1.84. The number of rotatable bonds is 7. The molecule has 0 atom stereocenters. The molecule has 1 aliphatic carbocycles. The standard InChI is InChI=1S/C15H23N3O/c1-17-15(19)6-3-9-18(14-7-8-14)11-12-4-2-5-13(16)10-12/h2,4-5,10,14H,3,6-9,11,16H2,1H3,(H,17,19). The Hall–Kier alpha value is -1.55. The van der Waals surface area contributed by atoms with Crippen molar-refractivity contribution in [3.8, 4) is 0 Å². The molecule has 0 radical (unpaired) electrons. The SMILES string of the molecule is CNC(=O)CCCN(Cc1cccc(N)c1)C1CC1. The first kappa shape index (κ1) is 13.9. The molecular weight excluding hydrogens is 238 g/mol. The molecule has 1 fully saturated rings. The van der Waals surface area contributed by atoms with Gasteiger partial charge in [-0.2, -0.15) is 0 Å². The molecule has 1 aliphatic rings. The number of nitrogen functional groups attached to an aromatic ring is 1. The summed E-state index contributed by atoms with van der Waals surface area (Å²) in [6, 6.07) is 8.77. The van der Waals surface area contributed by atoms with Crippen molar-refractivity contribution in [2.24, 2.45) is 0 Å². The summed E-state index contributed by atoms with van der Waals surface area (Å²) in [6.45, 7) is 1.91. The van der Waals surface area contributed by atoms with Crippen LogP contribution in [0.4, 0.5) is 5.69 Å². The molecule has 0 aromatic heterocycles. The third-order valence-electron chi connectivity index (χ3n) is 3.53. The van der Waals surface area contributed by atoms with Gasteiger partial charge in [0.2, 0.25) is 5.91 Å². The van der Waals surface area contributed by atoms with Crippen LogP contribution in [-0.4, -0.2) is 30.4 Å². The lowest BCUT2D eigenvalue weighted by Gasteiger charge is -2.22. The Kier molecular flexibility index (Phi) is 4.80. The fraction of sp³-hybridized carbons (Fsp3) is 0.533. The van der Waals surface area contributed by atoms with E-state index in [9.17, 15) is 4.79 Å². The van der Waals surface area contributed by atoms with Gasteiger partial charge in [-0.25, -0.2) is 0 Å². The van der Waals surface area contributed by atoms with Gasteiger partial charge in [0.25, 0.3) is 0 Å². The number of amides is 1. The maximum absolute atomic E-state index is 11.2. The number of hydrogen-bond donors (Lipinski definition) is 2. The van der Waals surface area contributed by atoms with Gasteiger partial charge in [-0.05, 0) is 43.5 Å². The minimum atomic E-state index is 0.125. The van der Waals surface area contributed by atoms with Gasteiger partial charge in [-0.3, -0.25) is 9.69 Å². The number of nitrogens with two attached hydrogens (primary N) is 1. The third kappa shape index (κ3) is 4.56. The van der Waals surface area contributed by atoms with Crippen LogP contribution in [0.5, 0.6) is 0 Å². The van der Waals surface area contributed by atoms with E-state index in [1.165, 1.54) is 18.4 Å². The lowest BCUT2D eigenvalue weighted by atomic mass is 10.1. The van der Waals surface area contributed by atoms with Crippen molar-refractivity contribution in [2.45, 2.75) is 38.3 Å². The van der Waals surface area contributed by atoms with Crippen molar-refractivity contribution < 1.29 is 4.79 Å². The Bertz CT molecular complexity index is 429. The third-order valence-corrected chi connectivity index (χ3v) is 3.53. The van der Waals surface area contributed by atoms with E-state index in [4.69, 9.17) is 5.73 Å². The minimum Gasteiger partial charge on any atom is -0.399 e. The molecule has 1 amide bonds. The normalized spacial score (nSPS) is 14.6. The summed E-state index contributed by atoms with van der Waals surface area (Å²) in [4.78, 5) is 13.7. The Labute approximate surface area is 115 Å². The van der Waals surface area contributed by atoms with Gasteiger partial charge in [0, 0.05) is 31.7 Å². The van der Waals surface area contributed by atoms with E-state index >= 15 is 0 Å². The van der Waals surface area contributed by atoms with Gasteiger partial charge in [-0.1, -0.05) is 12.1 Å². The number of nitrogens with zero attached hydrogens (tertiary/aromatic N) is 1. The van der Waals surface area contributed by atoms with Crippen LogP contribution in [0.2, 0.25) is 0 Å². The van der Waals surface area contributed by atoms with Gasteiger partial charge in [0.05, 0.1) is 0 Å². The second-order valence-corrected chi connectivity index (χ2v) is 5.22. The van der Waals surface area contributed by atoms with E-state index in [1.54, 1.807) is 7.05 Å². The highest BCUT2D eigenvalue weighted by Gasteiger charge is 2.28. The van der Waals surface area contributed by atoms with Crippen LogP contribution in [0.3, 0.4) is 0 Å². The fourth-order valence-corrected chi connectivity index (χ4v) is 2.32. The zero-order valence-electron chi connectivity index (χ0n) is 11.6. The van der Waals surface area contributed by atoms with Crippen molar-refractivity contribution in [3.05, 3.63) is 29.8 Å². The van der Waals surface area contributed by atoms with Crippen molar-refractivity contribution in [2.75, 3.05) is 19.3 Å². The maximum atomic E-state index is 11.2. The molecule has 0 heterocycles. The fourth-order valence-electron chi connectivity index (χ4n) is 2.32. The lowest BCUT2D eigenvalue weighted by Crippen LogP contribution is -2.28. The van der Waals surface area contributed by atoms with E-state index < -0.39 is 0 Å². The second-order valence-electron chi connectivity index (χ2n) is 5.22. The largest absolute Gasteiger partial charge is 0.399 e. The van der Waals surface area contributed by atoms with Crippen LogP contribution in [0, 0.1) is 0 Å². The number of benzene rings is 1. The number of hydrogen-bond acceptors (Lipinski definition) is 3. The molecule has 4 heteroatoms. The van der Waals surface area contributed by atoms with Crippen LogP contribution in [-0.2, 0) is 11.3 Å². The second kappa shape index (κ2) is 6.57. The molecule has 4 nitrogen and oxygen atoms in total. The summed E-state index contributed by atoms with van der Waals surface area (Å²) >= 11 is 0. The molecule has 1 aromatic rings. The predicted molar refractivity (Wildman–Crippen MR) is 77.6 cm³/mol. The molecule has 0 saturated heterocycles. The van der Waals surface area contributed by atoms with E-state index in [-0.39, 0.29) is 5.91 Å². The predicted octanol–water partition coefficient (Wildman–Crippen LogP) is 1.76. The van der Waals surface area contributed by atoms with Crippen molar-refractivity contribution in [3.63, 3.8) is 0 Å². The van der Waals surface area contributed by atoms with Gasteiger partial charge >= 0.3 is 0 Å². The molecule has 1 saturated carbocycles. The van der Waals surface area contributed by atoms with Crippen molar-refractivity contribution in [1.29, 1.82) is 0 Å². The van der Waals surface area contributed by atoms with Gasteiger partial charge < -0.3 is 11.1 Å². The average molecular weight is 261 g/mol. The Morgan fingerprint density at radius 2 is 2.26 bits per heavy atom. The molecule has 2 rings (SSSR count). The van der Waals surface area contributed by atoms with Crippen molar-refractivity contribution >= 4 is 11.6 Å². The van der Waals surface area contributed by atoms with Gasteiger partial charge in [-0.15, -0.1) is 0 Å². The van der Waals surface area contributed by atoms with E-state index in [0.717, 1.165) is 25.2 Å². The van der Waals surface area contributed by atoms with Crippen LogP contribution < -0.4 is 11.1 Å². The zero-order chi connectivity index (χ0) is 13.7. The van der Waals surface area contributed by atoms with Gasteiger partial charge in [0.15, 0.2) is 0 Å². The summed E-state index contributed by atoms with van der Waals surface area (Å²) in [5, 5.41) is 2.67. The van der Waals surface area contributed by atoms with Crippen LogP contribution in [0.25, 0.3) is 0 Å². The summed E-state index contributed by atoms with van der Waals surface area (Å²) in [5.74, 6) is 0.125. The average Bonchev–Trinajstić information content (AvgIpc) is 3.21. The van der Waals surface area contributed by atoms with Gasteiger partial charge in [0.1, 0.15) is 0 Å². The number of anilines is 1. The summed E-state index contributed by atoms with van der Waals surface area (Å²) < 4.78 is 0. The minimum absolute atomic E-state index is 0.125. The molecular formula is C15H23N3O. The molecule has 1 aromatic carbocycles. The van der Waals surface area contributed by atoms with Crippen LogP contribution in [0.15, 0.2) is 24.3 Å². The first-order valence-electron chi connectivity index (χ1n) is 6.98. The molecule has 3 N–H and O–H groups in total. The number of carbonyl (C=O) groups is 1. The summed E-state index contributed by atoms with van der Waals surface area (Å²) in [7, 11) is 1.69. The molecule has 104 valence electrons. The molecule has 0 bridgehead atoms. The number of carbonyl (C=O) groups excluding carboxylic acids is 1. The first-order chi connectivity index (χ1) is 9.19. The van der Waals surface area contributed by atoms with Crippen LogP contribution >= 0.6 is 0 Å². The van der Waals surface area contributed by atoms with E-state index in [0.29, 0.717) is 12.5 Å². The van der Waals surface area contributed by atoms with E-state index in [1.807, 2.05) is 18.2 Å². The lowest BCUT2D eigenvalue weighted by molar-refractivity contribution is -0.120. The molecule has 0 unspecified atom stereocenters. The van der Waals surface area contributed by atoms with Crippen LogP contribution in [0.1, 0.15) is 31.2 Å². The van der Waals surface area contributed by atoms with Crippen molar-refractivity contribution in [1.82, 2.24) is 10.2 Å². The maximum Gasteiger partial charge on any atom is 0.219 e. The highest BCUT2D eigenvalue weighted by molar-refractivity contribution is 5.75. The Morgan fingerprint density at radius 1 is 1.47 bits per heavy atom. The quantitative estimate of drug-likeness (QED) is 0.735. The first-order valence-corrected chi connectivity index (χ1v) is 6.98. The van der Waals surface area contributed by atoms with E-state index in [2.05, 4.69) is 16.3 Å². The topological polar surface area (TPSA) is 58.4 Å². The summed E-state index contributed by atoms with van der Waals surface area (Å²) in [5.41, 5.74) is 7.89. The monoisotopic (exact) mass is 261 g/mol. The smallest absolute Gasteiger partial charge is 0.219 e.